The van der Waals surface area contributed by atoms with Crippen LogP contribution in [0.3, 0.4) is 0 Å². The number of nitrogens with one attached hydrogen (secondary N) is 4. The highest BCUT2D eigenvalue weighted by molar-refractivity contribution is 6.39. The Kier molecular flexibility index (Phi) is 8.40. The number of carbonyl (C=O) groups excluding carboxylic acids is 2. The third kappa shape index (κ3) is 5.91. The van der Waals surface area contributed by atoms with Crippen LogP contribution < -0.4 is 26.2 Å². The van der Waals surface area contributed by atoms with E-state index in [1.807, 2.05) is 30.3 Å². The highest BCUT2D eigenvalue weighted by Gasteiger charge is 2.50. The Balaban J connectivity index is 1.31. The maximum atomic E-state index is 12.8. The predicted molar refractivity (Wildman–Crippen MR) is 140 cm³/mol. The van der Waals surface area contributed by atoms with Crippen LogP contribution in [0.5, 0.6) is 0 Å². The lowest BCUT2D eigenvalue weighted by atomic mass is 9.85. The molecule has 2 atom stereocenters. The van der Waals surface area contributed by atoms with Crippen molar-refractivity contribution in [2.45, 2.75) is 30.8 Å². The Morgan fingerprint density at radius 2 is 1.70 bits per heavy atom. The van der Waals surface area contributed by atoms with Crippen LogP contribution >= 0.6 is 23.2 Å². The smallest absolute Gasteiger partial charge is 0.327 e. The zero-order valence-corrected chi connectivity index (χ0v) is 21.3. The summed E-state index contributed by atoms with van der Waals surface area (Å²) < 4.78 is 0. The topological polar surface area (TPSA) is 146 Å². The number of likely N-dealkylation sites (tertiary alicyclic amines) is 1. The number of carboxylic acid groups (broad SMARTS) is 1. The second-order valence-electron chi connectivity index (χ2n) is 8.86. The van der Waals surface area contributed by atoms with Gasteiger partial charge in [-0.15, -0.1) is 0 Å². The van der Waals surface area contributed by atoms with Gasteiger partial charge in [-0.3, -0.25) is 15.0 Å². The number of aliphatic hydroxyl groups excluding tert-OH is 1. The number of carboxylic acids is 1. The molecule has 198 valence electrons. The van der Waals surface area contributed by atoms with Crippen molar-refractivity contribution in [1.82, 2.24) is 20.9 Å². The van der Waals surface area contributed by atoms with Gasteiger partial charge in [0.05, 0.1) is 22.4 Å². The lowest BCUT2D eigenvalue weighted by Gasteiger charge is -2.44. The van der Waals surface area contributed by atoms with Gasteiger partial charge in [0.25, 0.3) is 0 Å². The van der Waals surface area contributed by atoms with Crippen molar-refractivity contribution in [3.8, 4) is 0 Å². The number of amides is 3. The average Bonchev–Trinajstić information content (AvgIpc) is 3.19. The van der Waals surface area contributed by atoms with Gasteiger partial charge >= 0.3 is 12.0 Å². The molecule has 11 nitrogen and oxygen atoms in total. The molecule has 6 N–H and O–H groups in total. The first kappa shape index (κ1) is 27.0. The van der Waals surface area contributed by atoms with Crippen LogP contribution in [0.2, 0.25) is 10.0 Å². The number of benzene rings is 2. The van der Waals surface area contributed by atoms with E-state index in [9.17, 15) is 24.6 Å². The van der Waals surface area contributed by atoms with E-state index in [0.29, 0.717) is 32.6 Å². The summed E-state index contributed by atoms with van der Waals surface area (Å²) in [7, 11) is 0. The van der Waals surface area contributed by atoms with Crippen LogP contribution in [-0.4, -0.2) is 77.3 Å². The Morgan fingerprint density at radius 1 is 1.05 bits per heavy atom. The summed E-state index contributed by atoms with van der Waals surface area (Å²) in [6.07, 6.45) is -0.209. The van der Waals surface area contributed by atoms with E-state index in [0.717, 1.165) is 5.69 Å². The van der Waals surface area contributed by atoms with Gasteiger partial charge in [-0.05, 0) is 37.1 Å². The molecular formula is C24H28Cl2N6O5. The second kappa shape index (κ2) is 11.5. The molecule has 4 rings (SSSR count). The van der Waals surface area contributed by atoms with Crippen LogP contribution in [0.4, 0.5) is 16.2 Å². The Labute approximate surface area is 223 Å². The number of para-hydroxylation sites is 2. The third-order valence-corrected chi connectivity index (χ3v) is 7.32. The highest BCUT2D eigenvalue weighted by atomic mass is 35.5. The molecule has 2 aliphatic heterocycles. The highest BCUT2D eigenvalue weighted by Crippen LogP contribution is 2.36. The van der Waals surface area contributed by atoms with Crippen molar-refractivity contribution in [3.05, 3.63) is 58.6 Å². The van der Waals surface area contributed by atoms with Gasteiger partial charge in [-0.25, -0.2) is 9.59 Å². The molecule has 2 aliphatic rings. The number of halogens is 2. The predicted octanol–water partition coefficient (Wildman–Crippen LogP) is 1.86. The number of hydrogen-bond acceptors (Lipinski definition) is 7. The van der Waals surface area contributed by atoms with Gasteiger partial charge in [0.2, 0.25) is 5.91 Å². The number of urea groups is 1. The molecule has 0 aliphatic carbocycles. The van der Waals surface area contributed by atoms with Gasteiger partial charge in [0, 0.05) is 25.3 Å². The van der Waals surface area contributed by atoms with E-state index < -0.39 is 29.9 Å². The number of aliphatic hydroxyl groups is 1. The molecule has 3 amide bonds. The number of carbonyl (C=O) groups is 3. The minimum Gasteiger partial charge on any atom is -0.480 e. The van der Waals surface area contributed by atoms with Crippen molar-refractivity contribution < 1.29 is 24.6 Å². The van der Waals surface area contributed by atoms with Gasteiger partial charge in [0.15, 0.2) is 6.35 Å². The van der Waals surface area contributed by atoms with Gasteiger partial charge in [0.1, 0.15) is 11.6 Å². The summed E-state index contributed by atoms with van der Waals surface area (Å²) in [4.78, 5) is 40.6. The van der Waals surface area contributed by atoms with Crippen LogP contribution in [0.25, 0.3) is 0 Å². The van der Waals surface area contributed by atoms with E-state index in [1.165, 1.54) is 12.1 Å². The monoisotopic (exact) mass is 550 g/mol. The standard InChI is InChI=1S/C24H28Cl2N6O5/c25-16-7-4-8-17(26)19(16)30-22(36)29-18(20(33)34)13-27-23(37)31-11-9-24(10-12-31)21(35)28-14-32(24)15-5-2-1-3-6-15/h1-8,18,23,27,37H,9-14H2,(H,28,35)(H,33,34)(H2,29,30,36)/t18-,23-/m0/s1. The molecule has 2 heterocycles. The molecule has 2 aromatic carbocycles. The number of piperidine rings is 1. The maximum Gasteiger partial charge on any atom is 0.327 e. The number of nitrogens with zero attached hydrogens (tertiary/aromatic N) is 2. The minimum atomic E-state index is -1.35. The van der Waals surface area contributed by atoms with Crippen molar-refractivity contribution in [3.63, 3.8) is 0 Å². The van der Waals surface area contributed by atoms with E-state index in [1.54, 1.807) is 11.0 Å². The summed E-state index contributed by atoms with van der Waals surface area (Å²) in [6, 6.07) is 12.2. The lowest BCUT2D eigenvalue weighted by molar-refractivity contribution is -0.139. The fraction of sp³-hybridized carbons (Fsp3) is 0.375. The van der Waals surface area contributed by atoms with Gasteiger partial charge in [-0.2, -0.15) is 0 Å². The molecule has 0 unspecified atom stereocenters. The number of anilines is 2. The first-order chi connectivity index (χ1) is 17.7. The van der Waals surface area contributed by atoms with Crippen LogP contribution in [0.15, 0.2) is 48.5 Å². The third-order valence-electron chi connectivity index (χ3n) is 6.69. The number of hydrogen-bond donors (Lipinski definition) is 6. The van der Waals surface area contributed by atoms with Crippen LogP contribution in [0, 0.1) is 0 Å². The van der Waals surface area contributed by atoms with Crippen molar-refractivity contribution in [2.75, 3.05) is 36.5 Å². The van der Waals surface area contributed by atoms with Gasteiger partial charge in [-0.1, -0.05) is 47.5 Å². The second-order valence-corrected chi connectivity index (χ2v) is 9.68. The number of aliphatic carboxylic acids is 1. The zero-order chi connectivity index (χ0) is 26.6. The average molecular weight is 551 g/mol. The van der Waals surface area contributed by atoms with Crippen molar-refractivity contribution >= 4 is 52.5 Å². The molecule has 0 aromatic heterocycles. The molecule has 13 heteroatoms. The first-order valence-electron chi connectivity index (χ1n) is 11.7. The molecule has 0 bridgehead atoms. The molecule has 37 heavy (non-hydrogen) atoms. The minimum absolute atomic E-state index is 0.0433. The fourth-order valence-electron chi connectivity index (χ4n) is 4.65. The molecule has 0 saturated carbocycles. The Hall–Kier alpha value is -3.09. The van der Waals surface area contributed by atoms with E-state index in [4.69, 9.17) is 23.2 Å². The molecule has 2 saturated heterocycles. The van der Waals surface area contributed by atoms with Crippen LogP contribution in [-0.2, 0) is 9.59 Å². The lowest BCUT2D eigenvalue weighted by Crippen LogP contribution is -2.60. The molecular weight excluding hydrogens is 523 g/mol. The number of rotatable bonds is 8. The summed E-state index contributed by atoms with van der Waals surface area (Å²) in [5, 5.41) is 31.1. The first-order valence-corrected chi connectivity index (χ1v) is 12.5. The summed E-state index contributed by atoms with van der Waals surface area (Å²) in [5.74, 6) is -1.34. The summed E-state index contributed by atoms with van der Waals surface area (Å²) >= 11 is 12.1. The summed E-state index contributed by atoms with van der Waals surface area (Å²) in [6.45, 7) is 0.971. The van der Waals surface area contributed by atoms with Crippen LogP contribution in [0.1, 0.15) is 12.8 Å². The zero-order valence-electron chi connectivity index (χ0n) is 19.8. The summed E-state index contributed by atoms with van der Waals surface area (Å²) in [5.41, 5.74) is 0.392. The fourth-order valence-corrected chi connectivity index (χ4v) is 5.14. The van der Waals surface area contributed by atoms with Crippen molar-refractivity contribution in [1.29, 1.82) is 0 Å². The molecule has 2 aromatic rings. The van der Waals surface area contributed by atoms with Crippen molar-refractivity contribution in [2.24, 2.45) is 0 Å². The van der Waals surface area contributed by atoms with E-state index in [2.05, 4.69) is 26.2 Å². The normalized spacial score (nSPS) is 18.8. The quantitative estimate of drug-likeness (QED) is 0.273. The molecule has 0 radical (unpaired) electrons. The van der Waals surface area contributed by atoms with Gasteiger partial charge < -0.3 is 31.1 Å². The largest absolute Gasteiger partial charge is 0.480 e. The SMILES string of the molecule is O=C(Nc1c(Cl)cccc1Cl)N[C@@H](CN[C@H](O)N1CCC2(CC1)C(=O)NCN2c1ccccc1)C(=O)O. The molecule has 1 spiro atoms. The maximum absolute atomic E-state index is 12.8. The Bertz CT molecular complexity index is 1130. The van der Waals surface area contributed by atoms with E-state index >= 15 is 0 Å². The Morgan fingerprint density at radius 3 is 2.32 bits per heavy atom. The van der Waals surface area contributed by atoms with E-state index in [-0.39, 0.29) is 28.2 Å². The molecule has 2 fully saturated rings.